The Morgan fingerprint density at radius 2 is 1.81 bits per heavy atom. The van der Waals surface area contributed by atoms with Gasteiger partial charge in [0.15, 0.2) is 5.75 Å². The molecule has 21 heavy (non-hydrogen) atoms. The Balaban J connectivity index is 3.44. The van der Waals surface area contributed by atoms with E-state index in [1.54, 1.807) is 0 Å². The van der Waals surface area contributed by atoms with Crippen molar-refractivity contribution in [2.45, 2.75) is 24.8 Å². The van der Waals surface area contributed by atoms with Gasteiger partial charge in [0.25, 0.3) is 0 Å². The molecule has 1 rings (SSSR count). The van der Waals surface area contributed by atoms with Crippen molar-refractivity contribution in [1.29, 1.82) is 0 Å². The fraction of sp³-hybridized carbons (Fsp3) is 0.400. The van der Waals surface area contributed by atoms with Crippen LogP contribution >= 0.6 is 11.6 Å². The van der Waals surface area contributed by atoms with Crippen LogP contribution in [0.5, 0.6) is 5.75 Å². The summed E-state index contributed by atoms with van der Waals surface area (Å²) >= 11 is 5.30. The van der Waals surface area contributed by atoms with Crippen LogP contribution in [-0.2, 0) is 23.3 Å². The molecular formula is C10H6ClF6NO3. The van der Waals surface area contributed by atoms with Crippen molar-refractivity contribution in [2.75, 3.05) is 0 Å². The molecule has 118 valence electrons. The van der Waals surface area contributed by atoms with Gasteiger partial charge >= 0.3 is 18.5 Å². The minimum atomic E-state index is -5.24. The Morgan fingerprint density at radius 3 is 2.19 bits per heavy atom. The molecule has 1 N–H and O–H groups in total. The Morgan fingerprint density at radius 1 is 1.24 bits per heavy atom. The lowest BCUT2D eigenvalue weighted by atomic mass is 10.1. The largest absolute Gasteiger partial charge is 0.573 e. The van der Waals surface area contributed by atoms with Gasteiger partial charge in [-0.1, -0.05) is 0 Å². The van der Waals surface area contributed by atoms with Gasteiger partial charge in [-0.05, 0) is 6.07 Å². The first kappa shape index (κ1) is 17.3. The zero-order valence-corrected chi connectivity index (χ0v) is 10.6. The predicted octanol–water partition coefficient (Wildman–Crippen LogP) is 3.36. The zero-order chi connectivity index (χ0) is 16.4. The maximum absolute atomic E-state index is 12.7. The molecule has 0 bridgehead atoms. The van der Waals surface area contributed by atoms with Crippen LogP contribution in [0.1, 0.15) is 17.0 Å². The number of carbonyl (C=O) groups is 1. The van der Waals surface area contributed by atoms with E-state index in [-0.39, 0.29) is 6.07 Å². The highest BCUT2D eigenvalue weighted by molar-refractivity contribution is 6.17. The number of nitrogens with zero attached hydrogens (tertiary/aromatic N) is 1. The van der Waals surface area contributed by atoms with Gasteiger partial charge in [0, 0.05) is 0 Å². The average molecular weight is 338 g/mol. The maximum atomic E-state index is 12.7. The van der Waals surface area contributed by atoms with Crippen molar-refractivity contribution >= 4 is 17.6 Å². The normalized spacial score (nSPS) is 12.3. The van der Waals surface area contributed by atoms with Gasteiger partial charge in [-0.2, -0.15) is 13.2 Å². The summed E-state index contributed by atoms with van der Waals surface area (Å²) < 4.78 is 78.0. The highest BCUT2D eigenvalue weighted by atomic mass is 35.5. The van der Waals surface area contributed by atoms with Gasteiger partial charge in [-0.25, -0.2) is 0 Å². The second kappa shape index (κ2) is 5.96. The molecule has 0 saturated carbocycles. The fourth-order valence-electron chi connectivity index (χ4n) is 1.41. The van der Waals surface area contributed by atoms with Gasteiger partial charge < -0.3 is 9.84 Å². The third-order valence-corrected chi connectivity index (χ3v) is 2.37. The van der Waals surface area contributed by atoms with Crippen molar-refractivity contribution in [3.63, 3.8) is 0 Å². The molecule has 0 aliphatic heterocycles. The second-order valence-electron chi connectivity index (χ2n) is 3.68. The highest BCUT2D eigenvalue weighted by Crippen LogP contribution is 2.37. The molecule has 0 amide bonds. The Labute approximate surface area is 118 Å². The van der Waals surface area contributed by atoms with E-state index in [2.05, 4.69) is 9.72 Å². The minimum absolute atomic E-state index is 0.0382. The van der Waals surface area contributed by atoms with Crippen LogP contribution in [0.25, 0.3) is 0 Å². The topological polar surface area (TPSA) is 59.4 Å². The third-order valence-electron chi connectivity index (χ3n) is 2.12. The second-order valence-corrected chi connectivity index (χ2v) is 3.94. The molecule has 1 heterocycles. The molecule has 1 aromatic rings. The molecular weight excluding hydrogens is 332 g/mol. The van der Waals surface area contributed by atoms with Gasteiger partial charge in [0.1, 0.15) is 0 Å². The lowest BCUT2D eigenvalue weighted by Gasteiger charge is -2.17. The number of aromatic nitrogens is 1. The monoisotopic (exact) mass is 337 g/mol. The minimum Gasteiger partial charge on any atom is -0.481 e. The summed E-state index contributed by atoms with van der Waals surface area (Å²) in [5.41, 5.74) is -3.21. The molecule has 0 spiro atoms. The van der Waals surface area contributed by atoms with Crippen LogP contribution in [-0.4, -0.2) is 22.4 Å². The van der Waals surface area contributed by atoms with E-state index >= 15 is 0 Å². The number of alkyl halides is 7. The number of carboxylic acids is 1. The standard InChI is InChI=1S/C10H6ClF6NO3/c11-3-6-7(21-10(15,16)17)1-4(9(12,13)14)5(18-6)2-8(19)20/h1H,2-3H2,(H,19,20). The van der Waals surface area contributed by atoms with Crippen molar-refractivity contribution < 1.29 is 41.0 Å². The summed E-state index contributed by atoms with van der Waals surface area (Å²) in [6, 6.07) is 0.0382. The lowest BCUT2D eigenvalue weighted by molar-refractivity contribution is -0.275. The zero-order valence-electron chi connectivity index (χ0n) is 9.85. The van der Waals surface area contributed by atoms with E-state index in [0.29, 0.717) is 0 Å². The molecule has 0 aliphatic carbocycles. The molecule has 0 fully saturated rings. The highest BCUT2D eigenvalue weighted by Gasteiger charge is 2.38. The van der Waals surface area contributed by atoms with Crippen LogP contribution in [0, 0.1) is 0 Å². The van der Waals surface area contributed by atoms with Gasteiger partial charge in [0.05, 0.1) is 29.3 Å². The lowest BCUT2D eigenvalue weighted by Crippen LogP contribution is -2.21. The first-order valence-corrected chi connectivity index (χ1v) is 5.61. The van der Waals surface area contributed by atoms with Crippen LogP contribution in [0.2, 0.25) is 0 Å². The number of pyridine rings is 1. The number of carboxylic acid groups (broad SMARTS) is 1. The van der Waals surface area contributed by atoms with E-state index < -0.39 is 53.5 Å². The van der Waals surface area contributed by atoms with E-state index in [4.69, 9.17) is 16.7 Å². The van der Waals surface area contributed by atoms with Crippen LogP contribution in [0.4, 0.5) is 26.3 Å². The average Bonchev–Trinajstić information content (AvgIpc) is 2.26. The van der Waals surface area contributed by atoms with Crippen molar-refractivity contribution in [3.8, 4) is 5.75 Å². The number of ether oxygens (including phenoxy) is 1. The van der Waals surface area contributed by atoms with Gasteiger partial charge in [-0.15, -0.1) is 24.8 Å². The van der Waals surface area contributed by atoms with Crippen molar-refractivity contribution in [2.24, 2.45) is 0 Å². The smallest absolute Gasteiger partial charge is 0.481 e. The molecule has 0 saturated heterocycles. The third kappa shape index (κ3) is 4.96. The summed E-state index contributed by atoms with van der Waals surface area (Å²) in [5.74, 6) is -3.53. The molecule has 11 heteroatoms. The summed E-state index contributed by atoms with van der Waals surface area (Å²) in [6.45, 7) is 0. The van der Waals surface area contributed by atoms with E-state index in [1.807, 2.05) is 0 Å². The van der Waals surface area contributed by atoms with Gasteiger partial charge in [0.2, 0.25) is 0 Å². The maximum Gasteiger partial charge on any atom is 0.573 e. The summed E-state index contributed by atoms with van der Waals surface area (Å²) in [6.07, 6.45) is -11.4. The molecule has 0 aliphatic rings. The van der Waals surface area contributed by atoms with E-state index in [9.17, 15) is 31.1 Å². The molecule has 0 radical (unpaired) electrons. The number of hydrogen-bond acceptors (Lipinski definition) is 3. The first-order valence-electron chi connectivity index (χ1n) is 5.07. The predicted molar refractivity (Wildman–Crippen MR) is 56.8 cm³/mol. The summed E-state index contributed by atoms with van der Waals surface area (Å²) in [5, 5.41) is 8.52. The molecule has 4 nitrogen and oxygen atoms in total. The van der Waals surface area contributed by atoms with Crippen molar-refractivity contribution in [1.82, 2.24) is 4.98 Å². The van der Waals surface area contributed by atoms with Crippen LogP contribution < -0.4 is 4.74 Å². The quantitative estimate of drug-likeness (QED) is 0.676. The molecule has 1 aromatic heterocycles. The van der Waals surface area contributed by atoms with Crippen LogP contribution in [0.3, 0.4) is 0 Å². The summed E-state index contributed by atoms with van der Waals surface area (Å²) in [7, 11) is 0. The summed E-state index contributed by atoms with van der Waals surface area (Å²) in [4.78, 5) is 13.7. The van der Waals surface area contributed by atoms with Gasteiger partial charge in [-0.3, -0.25) is 9.78 Å². The number of halogens is 7. The van der Waals surface area contributed by atoms with E-state index in [1.165, 1.54) is 0 Å². The molecule has 0 aromatic carbocycles. The van der Waals surface area contributed by atoms with Crippen LogP contribution in [0.15, 0.2) is 6.07 Å². The first-order chi connectivity index (χ1) is 9.44. The number of rotatable bonds is 4. The van der Waals surface area contributed by atoms with E-state index in [0.717, 1.165) is 0 Å². The Kier molecular flexibility index (Phi) is 4.92. The Bertz CT molecular complexity index is 543. The van der Waals surface area contributed by atoms with Crippen molar-refractivity contribution in [3.05, 3.63) is 23.0 Å². The SMILES string of the molecule is O=C(O)Cc1nc(CCl)c(OC(F)(F)F)cc1C(F)(F)F. The number of aliphatic carboxylic acids is 1. The molecule has 0 unspecified atom stereocenters. The number of hydrogen-bond donors (Lipinski definition) is 1. The molecule has 0 atom stereocenters. The Hall–Kier alpha value is -1.71. The fourth-order valence-corrected chi connectivity index (χ4v) is 1.60.